The standard InChI is InChI=1S/C8H12F3N5/c1-2-5(12)15-6-4(8(9,10)11)3-14-7(13)16-6/h3,5H,2,12H2,1H3,(H3,13,14,15,16). The molecule has 1 unspecified atom stereocenters. The Morgan fingerprint density at radius 1 is 1.50 bits per heavy atom. The topological polar surface area (TPSA) is 89.8 Å². The summed E-state index contributed by atoms with van der Waals surface area (Å²) in [4.78, 5) is 6.79. The maximum Gasteiger partial charge on any atom is 0.421 e. The lowest BCUT2D eigenvalue weighted by Gasteiger charge is -2.16. The van der Waals surface area contributed by atoms with Crippen LogP contribution in [0.3, 0.4) is 0 Å². The lowest BCUT2D eigenvalue weighted by molar-refractivity contribution is -0.137. The molecule has 0 aliphatic rings. The van der Waals surface area contributed by atoms with E-state index in [1.54, 1.807) is 6.92 Å². The van der Waals surface area contributed by atoms with Crippen molar-refractivity contribution in [2.75, 3.05) is 11.1 Å². The Labute approximate surface area is 90.1 Å². The molecule has 0 fully saturated rings. The van der Waals surface area contributed by atoms with Crippen molar-refractivity contribution in [1.29, 1.82) is 0 Å². The number of nitrogens with two attached hydrogens (primary N) is 2. The number of alkyl halides is 3. The van der Waals surface area contributed by atoms with E-state index in [-0.39, 0.29) is 5.95 Å². The van der Waals surface area contributed by atoms with Crippen molar-refractivity contribution in [2.24, 2.45) is 5.73 Å². The number of nitrogens with zero attached hydrogens (tertiary/aromatic N) is 2. The van der Waals surface area contributed by atoms with Crippen molar-refractivity contribution in [3.63, 3.8) is 0 Å². The predicted octanol–water partition coefficient (Wildman–Crippen LogP) is 1.18. The zero-order valence-corrected chi connectivity index (χ0v) is 8.54. The van der Waals surface area contributed by atoms with Crippen LogP contribution >= 0.6 is 0 Å². The van der Waals surface area contributed by atoms with Crippen LogP contribution in [-0.2, 0) is 6.18 Å². The van der Waals surface area contributed by atoms with Gasteiger partial charge in [0.2, 0.25) is 5.95 Å². The molecule has 0 saturated heterocycles. The van der Waals surface area contributed by atoms with E-state index in [2.05, 4.69) is 15.3 Å². The Morgan fingerprint density at radius 3 is 2.62 bits per heavy atom. The molecule has 0 aliphatic heterocycles. The summed E-state index contributed by atoms with van der Waals surface area (Å²) in [7, 11) is 0. The number of hydrogen-bond acceptors (Lipinski definition) is 5. The van der Waals surface area contributed by atoms with Crippen molar-refractivity contribution in [3.8, 4) is 0 Å². The van der Waals surface area contributed by atoms with Crippen LogP contribution < -0.4 is 16.8 Å². The molecule has 0 bridgehead atoms. The number of halogens is 3. The number of nitrogens with one attached hydrogen (secondary N) is 1. The van der Waals surface area contributed by atoms with Crippen LogP contribution in [0.1, 0.15) is 18.9 Å². The Kier molecular flexibility index (Phi) is 3.53. The summed E-state index contributed by atoms with van der Waals surface area (Å²) in [6.07, 6.45) is -4.06. The molecule has 1 atom stereocenters. The van der Waals surface area contributed by atoms with Crippen LogP contribution in [0.2, 0.25) is 0 Å². The van der Waals surface area contributed by atoms with Crippen LogP contribution in [0.15, 0.2) is 6.20 Å². The summed E-state index contributed by atoms with van der Waals surface area (Å²) in [6.45, 7) is 1.73. The minimum absolute atomic E-state index is 0.237. The van der Waals surface area contributed by atoms with E-state index in [9.17, 15) is 13.2 Å². The summed E-state index contributed by atoms with van der Waals surface area (Å²) >= 11 is 0. The molecule has 1 heterocycles. The second kappa shape index (κ2) is 4.52. The quantitative estimate of drug-likeness (QED) is 0.684. The molecular weight excluding hydrogens is 223 g/mol. The van der Waals surface area contributed by atoms with Crippen molar-refractivity contribution in [1.82, 2.24) is 9.97 Å². The molecule has 90 valence electrons. The Morgan fingerprint density at radius 2 is 2.12 bits per heavy atom. The third-order valence-corrected chi connectivity index (χ3v) is 1.87. The number of hydrogen-bond donors (Lipinski definition) is 3. The van der Waals surface area contributed by atoms with Gasteiger partial charge in [-0.2, -0.15) is 18.2 Å². The molecule has 1 aromatic rings. The van der Waals surface area contributed by atoms with Crippen LogP contribution in [0.5, 0.6) is 0 Å². The average molecular weight is 235 g/mol. The lowest BCUT2D eigenvalue weighted by atomic mass is 10.3. The Hall–Kier alpha value is -1.57. The summed E-state index contributed by atoms with van der Waals surface area (Å²) in [5, 5.41) is 2.43. The highest BCUT2D eigenvalue weighted by atomic mass is 19.4. The van der Waals surface area contributed by atoms with E-state index in [1.165, 1.54) is 0 Å². The highest BCUT2D eigenvalue weighted by Gasteiger charge is 2.35. The predicted molar refractivity (Wildman–Crippen MR) is 53.3 cm³/mol. The molecule has 8 heteroatoms. The summed E-state index contributed by atoms with van der Waals surface area (Å²) in [5.41, 5.74) is 9.72. The van der Waals surface area contributed by atoms with Crippen molar-refractivity contribution >= 4 is 11.8 Å². The van der Waals surface area contributed by atoms with Gasteiger partial charge in [0.25, 0.3) is 0 Å². The normalized spacial score (nSPS) is 13.6. The minimum atomic E-state index is -4.54. The third-order valence-electron chi connectivity index (χ3n) is 1.87. The first-order valence-electron chi connectivity index (χ1n) is 4.56. The fraction of sp³-hybridized carbons (Fsp3) is 0.500. The Bertz CT molecular complexity index is 365. The molecule has 0 amide bonds. The SMILES string of the molecule is CCC(N)Nc1nc(N)ncc1C(F)(F)F. The molecule has 5 N–H and O–H groups in total. The summed E-state index contributed by atoms with van der Waals surface area (Å²) < 4.78 is 37.6. The molecular formula is C8H12F3N5. The fourth-order valence-electron chi connectivity index (χ4n) is 0.991. The van der Waals surface area contributed by atoms with Gasteiger partial charge in [-0.15, -0.1) is 0 Å². The average Bonchev–Trinajstić information content (AvgIpc) is 2.15. The summed E-state index contributed by atoms with van der Waals surface area (Å²) in [5.74, 6) is -0.631. The van der Waals surface area contributed by atoms with E-state index in [1.807, 2.05) is 0 Å². The van der Waals surface area contributed by atoms with Gasteiger partial charge in [0.15, 0.2) is 0 Å². The molecule has 0 spiro atoms. The zero-order valence-electron chi connectivity index (χ0n) is 8.54. The van der Waals surface area contributed by atoms with Gasteiger partial charge in [0.1, 0.15) is 11.4 Å². The van der Waals surface area contributed by atoms with Crippen molar-refractivity contribution in [3.05, 3.63) is 11.8 Å². The number of rotatable bonds is 3. The molecule has 1 rings (SSSR count). The van der Waals surface area contributed by atoms with Crippen LogP contribution in [0.4, 0.5) is 24.9 Å². The van der Waals surface area contributed by atoms with Gasteiger partial charge in [-0.3, -0.25) is 0 Å². The second-order valence-corrected chi connectivity index (χ2v) is 3.15. The molecule has 0 radical (unpaired) electrons. The summed E-state index contributed by atoms with van der Waals surface area (Å²) in [6, 6.07) is 0. The first-order valence-corrected chi connectivity index (χ1v) is 4.56. The van der Waals surface area contributed by atoms with E-state index in [4.69, 9.17) is 11.5 Å². The molecule has 1 aromatic heterocycles. The molecule has 0 saturated carbocycles. The van der Waals surface area contributed by atoms with Crippen LogP contribution in [0, 0.1) is 0 Å². The zero-order chi connectivity index (χ0) is 12.3. The second-order valence-electron chi connectivity index (χ2n) is 3.15. The van der Waals surface area contributed by atoms with Crippen molar-refractivity contribution in [2.45, 2.75) is 25.7 Å². The smallest absolute Gasteiger partial charge is 0.368 e. The number of anilines is 2. The fourth-order valence-corrected chi connectivity index (χ4v) is 0.991. The van der Waals surface area contributed by atoms with Crippen LogP contribution in [0.25, 0.3) is 0 Å². The minimum Gasteiger partial charge on any atom is -0.368 e. The van der Waals surface area contributed by atoms with Gasteiger partial charge < -0.3 is 16.8 Å². The van der Waals surface area contributed by atoms with Gasteiger partial charge in [-0.25, -0.2) is 4.98 Å². The Balaban J connectivity index is 3.09. The number of aromatic nitrogens is 2. The van der Waals surface area contributed by atoms with E-state index < -0.39 is 23.7 Å². The maximum absolute atomic E-state index is 12.5. The first-order chi connectivity index (χ1) is 7.34. The van der Waals surface area contributed by atoms with E-state index in [0.717, 1.165) is 0 Å². The van der Waals surface area contributed by atoms with Gasteiger partial charge in [0.05, 0.1) is 6.17 Å². The molecule has 16 heavy (non-hydrogen) atoms. The molecule has 0 aromatic carbocycles. The first kappa shape index (κ1) is 12.5. The largest absolute Gasteiger partial charge is 0.421 e. The lowest BCUT2D eigenvalue weighted by Crippen LogP contribution is -2.30. The highest BCUT2D eigenvalue weighted by Crippen LogP contribution is 2.33. The van der Waals surface area contributed by atoms with Crippen molar-refractivity contribution < 1.29 is 13.2 Å². The highest BCUT2D eigenvalue weighted by molar-refractivity contribution is 5.48. The maximum atomic E-state index is 12.5. The third kappa shape index (κ3) is 2.96. The van der Waals surface area contributed by atoms with E-state index in [0.29, 0.717) is 12.6 Å². The van der Waals surface area contributed by atoms with Gasteiger partial charge in [-0.1, -0.05) is 6.92 Å². The monoisotopic (exact) mass is 235 g/mol. The van der Waals surface area contributed by atoms with Gasteiger partial charge >= 0.3 is 6.18 Å². The van der Waals surface area contributed by atoms with Gasteiger partial charge in [0, 0.05) is 6.20 Å². The van der Waals surface area contributed by atoms with E-state index >= 15 is 0 Å². The molecule has 0 aliphatic carbocycles. The van der Waals surface area contributed by atoms with Crippen LogP contribution in [-0.4, -0.2) is 16.1 Å². The molecule has 5 nitrogen and oxygen atoms in total. The van der Waals surface area contributed by atoms with Gasteiger partial charge in [-0.05, 0) is 6.42 Å². The number of nitrogen functional groups attached to an aromatic ring is 1.